The minimum atomic E-state index is -0.529. The van der Waals surface area contributed by atoms with Gasteiger partial charge >= 0.3 is 5.97 Å². The second-order valence-electron chi connectivity index (χ2n) is 6.75. The molecule has 2 N–H and O–H groups in total. The molecule has 3 rings (SSSR count). The lowest BCUT2D eigenvalue weighted by Crippen LogP contribution is -2.14. The van der Waals surface area contributed by atoms with E-state index in [1.807, 2.05) is 0 Å². The third kappa shape index (κ3) is 7.39. The predicted octanol–water partition coefficient (Wildman–Crippen LogP) is 4.14. The van der Waals surface area contributed by atoms with Gasteiger partial charge in [-0.05, 0) is 43.3 Å². The molecule has 0 saturated carbocycles. The van der Waals surface area contributed by atoms with Crippen LogP contribution >= 0.6 is 23.1 Å². The van der Waals surface area contributed by atoms with Crippen LogP contribution < -0.4 is 10.6 Å². The summed E-state index contributed by atoms with van der Waals surface area (Å²) in [5, 5.41) is 18.2. The monoisotopic (exact) mass is 500 g/mol. The highest BCUT2D eigenvalue weighted by molar-refractivity contribution is 8.00. The molecular formula is C22H20N4O6S2. The summed E-state index contributed by atoms with van der Waals surface area (Å²) in [5.41, 5.74) is 1.30. The molecule has 176 valence electrons. The normalized spacial score (nSPS) is 10.4. The molecule has 0 unspecified atom stereocenters. The SMILES string of the molecule is CCOC(=O)Cc1csc(NC(=O)CSc2ccc(NC(=O)c3ccc([N+](=O)[O-])cc3)cc2)n1. The van der Waals surface area contributed by atoms with Crippen molar-refractivity contribution in [2.45, 2.75) is 18.2 Å². The summed E-state index contributed by atoms with van der Waals surface area (Å²) < 4.78 is 4.88. The fourth-order valence-corrected chi connectivity index (χ4v) is 4.11. The van der Waals surface area contributed by atoms with Crippen LogP contribution in [-0.2, 0) is 20.7 Å². The molecule has 12 heteroatoms. The van der Waals surface area contributed by atoms with Crippen molar-refractivity contribution in [1.29, 1.82) is 0 Å². The Morgan fingerprint density at radius 2 is 1.79 bits per heavy atom. The smallest absolute Gasteiger partial charge is 0.311 e. The van der Waals surface area contributed by atoms with Gasteiger partial charge in [0.05, 0.1) is 29.4 Å². The lowest BCUT2D eigenvalue weighted by atomic mass is 10.2. The van der Waals surface area contributed by atoms with E-state index >= 15 is 0 Å². The number of benzene rings is 2. The molecule has 1 heterocycles. The van der Waals surface area contributed by atoms with Gasteiger partial charge in [-0.2, -0.15) is 0 Å². The Morgan fingerprint density at radius 1 is 1.09 bits per heavy atom. The van der Waals surface area contributed by atoms with Gasteiger partial charge in [0.25, 0.3) is 11.6 Å². The molecule has 0 fully saturated rings. The number of nitro groups is 1. The first-order valence-electron chi connectivity index (χ1n) is 10.0. The van der Waals surface area contributed by atoms with E-state index in [-0.39, 0.29) is 35.6 Å². The summed E-state index contributed by atoms with van der Waals surface area (Å²) in [6.07, 6.45) is 0.0576. The molecule has 0 aliphatic heterocycles. The van der Waals surface area contributed by atoms with E-state index in [0.29, 0.717) is 28.7 Å². The molecule has 2 aromatic carbocycles. The summed E-state index contributed by atoms with van der Waals surface area (Å²) >= 11 is 2.55. The number of amides is 2. The number of aromatic nitrogens is 1. The summed E-state index contributed by atoms with van der Waals surface area (Å²) in [6, 6.07) is 12.3. The van der Waals surface area contributed by atoms with E-state index in [9.17, 15) is 24.5 Å². The average molecular weight is 501 g/mol. The van der Waals surface area contributed by atoms with Crippen LogP contribution in [0.3, 0.4) is 0 Å². The maximum absolute atomic E-state index is 12.3. The lowest BCUT2D eigenvalue weighted by Gasteiger charge is -2.07. The number of hydrogen-bond acceptors (Lipinski definition) is 9. The predicted molar refractivity (Wildman–Crippen MR) is 129 cm³/mol. The van der Waals surface area contributed by atoms with Crippen LogP contribution in [0, 0.1) is 10.1 Å². The van der Waals surface area contributed by atoms with Crippen molar-refractivity contribution in [1.82, 2.24) is 4.98 Å². The molecule has 3 aromatic rings. The Morgan fingerprint density at radius 3 is 2.44 bits per heavy atom. The molecule has 0 aliphatic rings. The van der Waals surface area contributed by atoms with Crippen molar-refractivity contribution >= 4 is 57.4 Å². The second kappa shape index (κ2) is 11.9. The Kier molecular flexibility index (Phi) is 8.71. The minimum Gasteiger partial charge on any atom is -0.466 e. The number of thioether (sulfide) groups is 1. The van der Waals surface area contributed by atoms with Crippen LogP contribution in [0.5, 0.6) is 0 Å². The number of non-ortho nitro benzene ring substituents is 1. The van der Waals surface area contributed by atoms with Gasteiger partial charge in [-0.1, -0.05) is 0 Å². The van der Waals surface area contributed by atoms with Crippen molar-refractivity contribution < 1.29 is 24.0 Å². The maximum atomic E-state index is 12.3. The molecule has 0 bridgehead atoms. The topological polar surface area (TPSA) is 141 Å². The number of rotatable bonds is 10. The van der Waals surface area contributed by atoms with E-state index in [1.165, 1.54) is 47.4 Å². The standard InChI is InChI=1S/C22H20N4O6S2/c1-2-32-20(28)11-16-12-34-22(24-16)25-19(27)13-33-18-9-5-15(6-10-18)23-21(29)14-3-7-17(8-4-14)26(30)31/h3-10,12H,2,11,13H2,1H3,(H,23,29)(H,24,25,27). The fourth-order valence-electron chi connectivity index (χ4n) is 2.68. The van der Waals surface area contributed by atoms with Crippen LogP contribution in [0.25, 0.3) is 0 Å². The zero-order chi connectivity index (χ0) is 24.5. The molecule has 34 heavy (non-hydrogen) atoms. The van der Waals surface area contributed by atoms with Crippen molar-refractivity contribution in [3.05, 3.63) is 75.3 Å². The third-order valence-corrected chi connectivity index (χ3v) is 6.07. The quantitative estimate of drug-likeness (QED) is 0.183. The number of carbonyl (C=O) groups excluding carboxylic acids is 3. The number of nitro benzene ring substituents is 1. The van der Waals surface area contributed by atoms with E-state index in [1.54, 1.807) is 36.6 Å². The van der Waals surface area contributed by atoms with E-state index in [4.69, 9.17) is 4.74 Å². The van der Waals surface area contributed by atoms with Gasteiger partial charge in [0.1, 0.15) is 0 Å². The third-order valence-electron chi connectivity index (χ3n) is 4.25. The van der Waals surface area contributed by atoms with Crippen molar-refractivity contribution in [2.75, 3.05) is 23.0 Å². The number of hydrogen-bond donors (Lipinski definition) is 2. The van der Waals surface area contributed by atoms with Gasteiger partial charge in [-0.15, -0.1) is 23.1 Å². The van der Waals surface area contributed by atoms with Gasteiger partial charge in [-0.3, -0.25) is 24.5 Å². The van der Waals surface area contributed by atoms with Gasteiger partial charge in [0.2, 0.25) is 5.91 Å². The molecule has 0 saturated heterocycles. The summed E-state index contributed by atoms with van der Waals surface area (Å²) in [5.74, 6) is -0.840. The molecule has 10 nitrogen and oxygen atoms in total. The largest absolute Gasteiger partial charge is 0.466 e. The Labute approximate surface area is 202 Å². The van der Waals surface area contributed by atoms with Gasteiger partial charge in [-0.25, -0.2) is 4.98 Å². The highest BCUT2D eigenvalue weighted by atomic mass is 32.2. The highest BCUT2D eigenvalue weighted by Gasteiger charge is 2.12. The first-order valence-corrected chi connectivity index (χ1v) is 11.9. The average Bonchev–Trinajstić information content (AvgIpc) is 3.25. The highest BCUT2D eigenvalue weighted by Crippen LogP contribution is 2.22. The second-order valence-corrected chi connectivity index (χ2v) is 8.65. The molecule has 2 amide bonds. The maximum Gasteiger partial charge on any atom is 0.311 e. The number of nitrogens with one attached hydrogen (secondary N) is 2. The first kappa shape index (κ1) is 24.9. The zero-order valence-electron chi connectivity index (χ0n) is 18.0. The van der Waals surface area contributed by atoms with Crippen molar-refractivity contribution in [3.8, 4) is 0 Å². The van der Waals surface area contributed by atoms with E-state index < -0.39 is 4.92 Å². The molecule has 1 aromatic heterocycles. The van der Waals surface area contributed by atoms with Crippen LogP contribution in [0.4, 0.5) is 16.5 Å². The van der Waals surface area contributed by atoms with Crippen LogP contribution in [0.15, 0.2) is 58.8 Å². The summed E-state index contributed by atoms with van der Waals surface area (Å²) in [7, 11) is 0. The summed E-state index contributed by atoms with van der Waals surface area (Å²) in [4.78, 5) is 51.2. The van der Waals surface area contributed by atoms with Gasteiger partial charge in [0, 0.05) is 33.7 Å². The molecular weight excluding hydrogens is 480 g/mol. The summed E-state index contributed by atoms with van der Waals surface area (Å²) in [6.45, 7) is 2.03. The Balaban J connectivity index is 1.46. The Hall–Kier alpha value is -3.77. The van der Waals surface area contributed by atoms with Gasteiger partial charge < -0.3 is 15.4 Å². The van der Waals surface area contributed by atoms with Crippen molar-refractivity contribution in [3.63, 3.8) is 0 Å². The fraction of sp³-hybridized carbons (Fsp3) is 0.182. The Bertz CT molecular complexity index is 1180. The molecule has 0 radical (unpaired) electrons. The number of carbonyl (C=O) groups is 3. The zero-order valence-corrected chi connectivity index (χ0v) is 19.6. The van der Waals surface area contributed by atoms with E-state index in [0.717, 1.165) is 4.90 Å². The number of ether oxygens (including phenoxy) is 1. The number of esters is 1. The van der Waals surface area contributed by atoms with Crippen molar-refractivity contribution in [2.24, 2.45) is 0 Å². The number of nitrogens with zero attached hydrogens (tertiary/aromatic N) is 2. The van der Waals surface area contributed by atoms with Crippen LogP contribution in [0.1, 0.15) is 23.0 Å². The number of thiazole rings is 1. The van der Waals surface area contributed by atoms with Crippen LogP contribution in [0.2, 0.25) is 0 Å². The molecule has 0 aliphatic carbocycles. The first-order chi connectivity index (χ1) is 16.3. The lowest BCUT2D eigenvalue weighted by molar-refractivity contribution is -0.384. The van der Waals surface area contributed by atoms with E-state index in [2.05, 4.69) is 15.6 Å². The minimum absolute atomic E-state index is 0.0576. The molecule has 0 atom stereocenters. The molecule has 0 spiro atoms. The number of anilines is 2. The van der Waals surface area contributed by atoms with Crippen LogP contribution in [-0.4, -0.2) is 40.1 Å². The van der Waals surface area contributed by atoms with Gasteiger partial charge in [0.15, 0.2) is 5.13 Å².